The fourth-order valence-corrected chi connectivity index (χ4v) is 1.44. The SMILES string of the molecule is CCCCC(N)Cc1cc(OC)ncn1. The highest BCUT2D eigenvalue weighted by Gasteiger charge is 2.05. The molecular formula is C11H19N3O. The first kappa shape index (κ1) is 11.9. The van der Waals surface area contributed by atoms with Crippen LogP contribution in [0.3, 0.4) is 0 Å². The molecule has 4 heteroatoms. The summed E-state index contributed by atoms with van der Waals surface area (Å²) in [4.78, 5) is 8.12. The van der Waals surface area contributed by atoms with Gasteiger partial charge in [0.05, 0.1) is 7.11 Å². The molecule has 84 valence electrons. The molecule has 0 fully saturated rings. The molecule has 0 aliphatic heterocycles. The van der Waals surface area contributed by atoms with Gasteiger partial charge in [-0.1, -0.05) is 19.8 Å². The monoisotopic (exact) mass is 209 g/mol. The number of rotatable bonds is 6. The molecule has 2 N–H and O–H groups in total. The molecule has 0 bridgehead atoms. The van der Waals surface area contributed by atoms with Gasteiger partial charge in [0.2, 0.25) is 5.88 Å². The van der Waals surface area contributed by atoms with Gasteiger partial charge in [-0.05, 0) is 6.42 Å². The Balaban J connectivity index is 2.48. The molecular weight excluding hydrogens is 190 g/mol. The normalized spacial score (nSPS) is 12.5. The number of unbranched alkanes of at least 4 members (excludes halogenated alkanes) is 1. The summed E-state index contributed by atoms with van der Waals surface area (Å²) in [6.45, 7) is 2.17. The van der Waals surface area contributed by atoms with Crippen molar-refractivity contribution in [3.63, 3.8) is 0 Å². The van der Waals surface area contributed by atoms with Crippen LogP contribution >= 0.6 is 0 Å². The van der Waals surface area contributed by atoms with Crippen molar-refractivity contribution < 1.29 is 4.74 Å². The third kappa shape index (κ3) is 4.25. The highest BCUT2D eigenvalue weighted by atomic mass is 16.5. The van der Waals surface area contributed by atoms with E-state index < -0.39 is 0 Å². The third-order valence-electron chi connectivity index (χ3n) is 2.31. The van der Waals surface area contributed by atoms with E-state index in [9.17, 15) is 0 Å². The van der Waals surface area contributed by atoms with Gasteiger partial charge in [-0.3, -0.25) is 0 Å². The molecule has 1 unspecified atom stereocenters. The second-order valence-corrected chi connectivity index (χ2v) is 3.66. The van der Waals surface area contributed by atoms with Crippen LogP contribution in [0.25, 0.3) is 0 Å². The molecule has 0 saturated carbocycles. The molecule has 0 aliphatic carbocycles. The second-order valence-electron chi connectivity index (χ2n) is 3.66. The number of hydrogen-bond acceptors (Lipinski definition) is 4. The largest absolute Gasteiger partial charge is 0.481 e. The minimum atomic E-state index is 0.185. The minimum absolute atomic E-state index is 0.185. The predicted molar refractivity (Wildman–Crippen MR) is 59.8 cm³/mol. The minimum Gasteiger partial charge on any atom is -0.481 e. The zero-order chi connectivity index (χ0) is 11.1. The first-order chi connectivity index (χ1) is 7.26. The summed E-state index contributed by atoms with van der Waals surface area (Å²) in [6.07, 6.45) is 5.70. The summed E-state index contributed by atoms with van der Waals surface area (Å²) in [6, 6.07) is 2.02. The summed E-state index contributed by atoms with van der Waals surface area (Å²) in [5.41, 5.74) is 6.93. The van der Waals surface area contributed by atoms with Crippen molar-refractivity contribution in [2.24, 2.45) is 5.73 Å². The maximum Gasteiger partial charge on any atom is 0.216 e. The molecule has 15 heavy (non-hydrogen) atoms. The van der Waals surface area contributed by atoms with Gasteiger partial charge in [0.25, 0.3) is 0 Å². The summed E-state index contributed by atoms with van der Waals surface area (Å²) in [7, 11) is 1.60. The summed E-state index contributed by atoms with van der Waals surface area (Å²) in [5, 5.41) is 0. The van der Waals surface area contributed by atoms with Crippen LogP contribution in [0.2, 0.25) is 0 Å². The molecule has 0 spiro atoms. The second kappa shape index (κ2) is 6.35. The van der Waals surface area contributed by atoms with Gasteiger partial charge in [-0.25, -0.2) is 9.97 Å². The summed E-state index contributed by atoms with van der Waals surface area (Å²) < 4.78 is 5.03. The lowest BCUT2D eigenvalue weighted by atomic mass is 10.1. The van der Waals surface area contributed by atoms with Crippen molar-refractivity contribution in [1.29, 1.82) is 0 Å². The first-order valence-electron chi connectivity index (χ1n) is 5.36. The molecule has 1 heterocycles. The molecule has 1 rings (SSSR count). The Morgan fingerprint density at radius 3 is 2.93 bits per heavy atom. The van der Waals surface area contributed by atoms with Crippen LogP contribution in [0.1, 0.15) is 31.9 Å². The third-order valence-corrected chi connectivity index (χ3v) is 2.31. The molecule has 1 aromatic rings. The van der Waals surface area contributed by atoms with Crippen molar-refractivity contribution in [1.82, 2.24) is 9.97 Å². The Morgan fingerprint density at radius 1 is 1.47 bits per heavy atom. The van der Waals surface area contributed by atoms with Gasteiger partial charge >= 0.3 is 0 Å². The average Bonchev–Trinajstić information content (AvgIpc) is 2.26. The highest BCUT2D eigenvalue weighted by Crippen LogP contribution is 2.09. The highest BCUT2D eigenvalue weighted by molar-refractivity contribution is 5.14. The molecule has 0 amide bonds. The number of nitrogens with zero attached hydrogens (tertiary/aromatic N) is 2. The summed E-state index contributed by atoms with van der Waals surface area (Å²) >= 11 is 0. The van der Waals surface area contributed by atoms with Crippen LogP contribution in [-0.2, 0) is 6.42 Å². The standard InChI is InChI=1S/C11H19N3O/c1-3-4-5-9(12)6-10-7-11(15-2)14-8-13-10/h7-9H,3-6,12H2,1-2H3. The molecule has 1 aromatic heterocycles. The van der Waals surface area contributed by atoms with E-state index in [0.717, 1.165) is 18.5 Å². The Bertz CT molecular complexity index is 291. The van der Waals surface area contributed by atoms with E-state index in [1.165, 1.54) is 19.2 Å². The predicted octanol–water partition coefficient (Wildman–Crippen LogP) is 1.55. The van der Waals surface area contributed by atoms with Crippen LogP contribution in [0, 0.1) is 0 Å². The van der Waals surface area contributed by atoms with E-state index in [4.69, 9.17) is 10.5 Å². The quantitative estimate of drug-likeness (QED) is 0.772. The van der Waals surface area contributed by atoms with Gasteiger partial charge in [-0.2, -0.15) is 0 Å². The number of methoxy groups -OCH3 is 1. The maximum atomic E-state index is 5.98. The van der Waals surface area contributed by atoms with Crippen molar-refractivity contribution in [2.45, 2.75) is 38.6 Å². The van der Waals surface area contributed by atoms with E-state index >= 15 is 0 Å². The number of nitrogens with two attached hydrogens (primary N) is 1. The van der Waals surface area contributed by atoms with Crippen LogP contribution in [0.4, 0.5) is 0 Å². The van der Waals surface area contributed by atoms with E-state index in [1.807, 2.05) is 6.07 Å². The fourth-order valence-electron chi connectivity index (χ4n) is 1.44. The molecule has 0 aromatic carbocycles. The van der Waals surface area contributed by atoms with E-state index in [2.05, 4.69) is 16.9 Å². The van der Waals surface area contributed by atoms with Gasteiger partial charge in [0, 0.05) is 24.2 Å². The first-order valence-corrected chi connectivity index (χ1v) is 5.36. The zero-order valence-corrected chi connectivity index (χ0v) is 9.44. The van der Waals surface area contributed by atoms with Crippen molar-refractivity contribution >= 4 is 0 Å². The Morgan fingerprint density at radius 2 is 2.27 bits per heavy atom. The van der Waals surface area contributed by atoms with Crippen LogP contribution in [0.5, 0.6) is 5.88 Å². The molecule has 0 radical (unpaired) electrons. The zero-order valence-electron chi connectivity index (χ0n) is 9.44. The van der Waals surface area contributed by atoms with Crippen molar-refractivity contribution in [3.8, 4) is 5.88 Å². The summed E-state index contributed by atoms with van der Waals surface area (Å²) in [5.74, 6) is 0.600. The van der Waals surface area contributed by atoms with Gasteiger partial charge < -0.3 is 10.5 Å². The van der Waals surface area contributed by atoms with E-state index in [-0.39, 0.29) is 6.04 Å². The van der Waals surface area contributed by atoms with Gasteiger partial charge in [-0.15, -0.1) is 0 Å². The Hall–Kier alpha value is -1.16. The molecule has 0 aliphatic rings. The molecule has 1 atom stereocenters. The average molecular weight is 209 g/mol. The van der Waals surface area contributed by atoms with E-state index in [1.54, 1.807) is 7.11 Å². The number of aromatic nitrogens is 2. The smallest absolute Gasteiger partial charge is 0.216 e. The van der Waals surface area contributed by atoms with Crippen LogP contribution < -0.4 is 10.5 Å². The maximum absolute atomic E-state index is 5.98. The number of ether oxygens (including phenoxy) is 1. The molecule has 0 saturated heterocycles. The number of hydrogen-bond donors (Lipinski definition) is 1. The van der Waals surface area contributed by atoms with Crippen LogP contribution in [0.15, 0.2) is 12.4 Å². The van der Waals surface area contributed by atoms with Crippen molar-refractivity contribution in [3.05, 3.63) is 18.1 Å². The van der Waals surface area contributed by atoms with Gasteiger partial charge in [0.15, 0.2) is 0 Å². The van der Waals surface area contributed by atoms with E-state index in [0.29, 0.717) is 5.88 Å². The lowest BCUT2D eigenvalue weighted by molar-refractivity contribution is 0.395. The topological polar surface area (TPSA) is 61.0 Å². The van der Waals surface area contributed by atoms with Gasteiger partial charge in [0.1, 0.15) is 6.33 Å². The Labute approximate surface area is 90.9 Å². The fraction of sp³-hybridized carbons (Fsp3) is 0.636. The Kier molecular flexibility index (Phi) is 5.04. The van der Waals surface area contributed by atoms with Crippen molar-refractivity contribution in [2.75, 3.05) is 7.11 Å². The van der Waals surface area contributed by atoms with Crippen LogP contribution in [-0.4, -0.2) is 23.1 Å². The lowest BCUT2D eigenvalue weighted by Gasteiger charge is -2.10. The lowest BCUT2D eigenvalue weighted by Crippen LogP contribution is -2.23. The molecule has 4 nitrogen and oxygen atoms in total.